The highest BCUT2D eigenvalue weighted by molar-refractivity contribution is 7.95. The average molecular weight is 456 g/mol. The van der Waals surface area contributed by atoms with E-state index in [1.54, 1.807) is 0 Å². The molecular weight excluding hydrogens is 440 g/mol. The Hall–Kier alpha value is -1.09. The van der Waals surface area contributed by atoms with Gasteiger partial charge in [-0.15, -0.1) is 4.33 Å². The van der Waals surface area contributed by atoms with E-state index < -0.39 is 38.5 Å². The Balaban J connectivity index is 2.33. The molecule has 0 spiro atoms. The SMILES string of the molecule is O=S(=O)([n+]1ccc(C2CCCCC2)cc1)C(F)(F)C(F)(F)C(F)(F)SOOO. The van der Waals surface area contributed by atoms with Crippen LogP contribution in [0.25, 0.3) is 0 Å². The zero-order chi connectivity index (χ0) is 21.2. The lowest BCUT2D eigenvalue weighted by Crippen LogP contribution is -2.64. The van der Waals surface area contributed by atoms with Crippen LogP contribution >= 0.6 is 12.0 Å². The van der Waals surface area contributed by atoms with Crippen LogP contribution in [-0.2, 0) is 19.4 Å². The van der Waals surface area contributed by atoms with Crippen molar-refractivity contribution >= 4 is 22.1 Å². The lowest BCUT2D eigenvalue weighted by molar-refractivity contribution is -0.519. The van der Waals surface area contributed by atoms with E-state index in [1.807, 2.05) is 0 Å². The van der Waals surface area contributed by atoms with Gasteiger partial charge < -0.3 is 0 Å². The van der Waals surface area contributed by atoms with Gasteiger partial charge in [0.1, 0.15) is 12.0 Å². The third kappa shape index (κ3) is 4.10. The number of hydrogen-bond donors (Lipinski definition) is 1. The maximum absolute atomic E-state index is 14.0. The molecule has 1 aliphatic carbocycles. The van der Waals surface area contributed by atoms with Crippen molar-refractivity contribution in [1.29, 1.82) is 0 Å². The number of pyridine rings is 1. The monoisotopic (exact) mass is 456 g/mol. The molecule has 1 saturated carbocycles. The second-order valence-corrected chi connectivity index (χ2v) is 8.84. The predicted octanol–water partition coefficient (Wildman–Crippen LogP) is 4.09. The summed E-state index contributed by atoms with van der Waals surface area (Å²) in [7, 11) is -6.27. The van der Waals surface area contributed by atoms with Crippen molar-refractivity contribution in [2.75, 3.05) is 0 Å². The first-order chi connectivity index (χ1) is 12.9. The fraction of sp³-hybridized carbons (Fsp3) is 0.643. The van der Waals surface area contributed by atoms with E-state index in [0.29, 0.717) is 18.0 Å². The summed E-state index contributed by atoms with van der Waals surface area (Å²) < 4.78 is 109. The number of rotatable bonds is 8. The number of hydrogen-bond acceptors (Lipinski definition) is 6. The van der Waals surface area contributed by atoms with E-state index >= 15 is 0 Å². The van der Waals surface area contributed by atoms with Gasteiger partial charge >= 0.3 is 26.5 Å². The topological polar surface area (TPSA) is 76.7 Å². The second kappa shape index (κ2) is 8.34. The highest BCUT2D eigenvalue weighted by atomic mass is 32.2. The normalized spacial score (nSPS) is 17.7. The maximum Gasteiger partial charge on any atom is 0.475 e. The molecule has 2 rings (SSSR count). The Kier molecular flexibility index (Phi) is 6.91. The third-order valence-electron chi connectivity index (χ3n) is 4.41. The zero-order valence-corrected chi connectivity index (χ0v) is 15.7. The summed E-state index contributed by atoms with van der Waals surface area (Å²) in [5.74, 6) is -6.33. The molecule has 28 heavy (non-hydrogen) atoms. The minimum Gasteiger partial charge on any atom is -0.220 e. The van der Waals surface area contributed by atoms with Crippen LogP contribution in [0.1, 0.15) is 43.6 Å². The highest BCUT2D eigenvalue weighted by Gasteiger charge is 2.81. The Bertz CT molecular complexity index is 769. The lowest BCUT2D eigenvalue weighted by Gasteiger charge is -2.28. The average Bonchev–Trinajstić information content (AvgIpc) is 2.66. The molecule has 1 heterocycles. The number of halogens is 6. The molecule has 0 aliphatic heterocycles. The molecule has 1 N–H and O–H groups in total. The molecule has 1 aromatic heterocycles. The van der Waals surface area contributed by atoms with Gasteiger partial charge in [-0.25, -0.2) is 5.26 Å². The van der Waals surface area contributed by atoms with Crippen molar-refractivity contribution in [1.82, 2.24) is 0 Å². The summed E-state index contributed by atoms with van der Waals surface area (Å²) in [5, 5.41) is -1.56. The molecule has 1 fully saturated rings. The lowest BCUT2D eigenvalue weighted by atomic mass is 9.85. The summed E-state index contributed by atoms with van der Waals surface area (Å²) in [6.45, 7) is 0. The maximum atomic E-state index is 14.0. The van der Waals surface area contributed by atoms with Gasteiger partial charge in [0.05, 0.1) is 0 Å². The van der Waals surface area contributed by atoms with E-state index in [9.17, 15) is 34.8 Å². The van der Waals surface area contributed by atoms with Gasteiger partial charge in [0.25, 0.3) is 0 Å². The molecule has 1 aromatic rings. The molecule has 160 valence electrons. The van der Waals surface area contributed by atoms with Crippen LogP contribution < -0.4 is 3.97 Å². The van der Waals surface area contributed by atoms with Gasteiger partial charge in [-0.05, 0) is 24.3 Å². The van der Waals surface area contributed by atoms with Gasteiger partial charge in [-0.3, -0.25) is 0 Å². The first-order valence-corrected chi connectivity index (χ1v) is 10.1. The van der Waals surface area contributed by atoms with E-state index in [1.165, 1.54) is 12.1 Å². The van der Waals surface area contributed by atoms with Crippen LogP contribution in [-0.4, -0.2) is 30.1 Å². The molecule has 0 saturated heterocycles. The second-order valence-electron chi connectivity index (χ2n) is 6.14. The van der Waals surface area contributed by atoms with Crippen LogP contribution in [0.2, 0.25) is 0 Å². The number of aromatic nitrogens is 1. The van der Waals surface area contributed by atoms with Crippen LogP contribution in [0.3, 0.4) is 0 Å². The van der Waals surface area contributed by atoms with Gasteiger partial charge in [0.15, 0.2) is 12.4 Å². The zero-order valence-electron chi connectivity index (χ0n) is 14.0. The van der Waals surface area contributed by atoms with Crippen LogP contribution in [0.4, 0.5) is 26.3 Å². The first-order valence-electron chi connectivity index (χ1n) is 7.94. The molecule has 0 radical (unpaired) electrons. The van der Waals surface area contributed by atoms with Crippen LogP contribution in [0.5, 0.6) is 0 Å². The largest absolute Gasteiger partial charge is 0.475 e. The van der Waals surface area contributed by atoms with Crippen LogP contribution in [0, 0.1) is 0 Å². The van der Waals surface area contributed by atoms with E-state index in [0.717, 1.165) is 32.1 Å². The highest BCUT2D eigenvalue weighted by Crippen LogP contribution is 2.53. The molecule has 1 aliphatic rings. The number of nitrogens with zero attached hydrogens (tertiary/aromatic N) is 1. The molecule has 6 nitrogen and oxygen atoms in total. The van der Waals surface area contributed by atoms with Gasteiger partial charge in [0.2, 0.25) is 0 Å². The quantitative estimate of drug-likeness (QED) is 0.209. The third-order valence-corrected chi connectivity index (χ3v) is 6.70. The summed E-state index contributed by atoms with van der Waals surface area (Å²) in [4.78, 5) is 0. The molecule has 0 atom stereocenters. The fourth-order valence-corrected chi connectivity index (χ4v) is 4.44. The molecule has 0 amide bonds. The van der Waals surface area contributed by atoms with Crippen molar-refractivity contribution < 1.29 is 53.4 Å². The minimum absolute atomic E-state index is 0.0735. The van der Waals surface area contributed by atoms with Crippen molar-refractivity contribution in [3.63, 3.8) is 0 Å². The summed E-state index contributed by atoms with van der Waals surface area (Å²) in [6, 6.07) is 2.36. The van der Waals surface area contributed by atoms with Crippen molar-refractivity contribution in [3.8, 4) is 0 Å². The Morgan fingerprint density at radius 1 is 1.04 bits per heavy atom. The Morgan fingerprint density at radius 2 is 1.57 bits per heavy atom. The van der Waals surface area contributed by atoms with E-state index in [2.05, 4.69) is 9.37 Å². The van der Waals surface area contributed by atoms with E-state index in [4.69, 9.17) is 5.26 Å². The molecule has 0 bridgehead atoms. The summed E-state index contributed by atoms with van der Waals surface area (Å²) in [6.07, 6.45) is 5.76. The Labute approximate surface area is 160 Å². The van der Waals surface area contributed by atoms with Gasteiger partial charge in [0, 0.05) is 12.1 Å². The van der Waals surface area contributed by atoms with Crippen LogP contribution in [0.15, 0.2) is 24.5 Å². The minimum atomic E-state index is -6.41. The van der Waals surface area contributed by atoms with Gasteiger partial charge in [-0.1, -0.05) is 28.3 Å². The standard InChI is InChI=1S/C14H15F6NO5S2/c15-12(16,13(17,18)27-26-25-22)14(19,20)28(23,24)21-8-6-11(7-9-21)10-4-2-1-3-5-10/h6-10H,1-5H2/p+1. The Morgan fingerprint density at radius 3 is 2.07 bits per heavy atom. The molecule has 0 aromatic carbocycles. The fourth-order valence-electron chi connectivity index (χ4n) is 2.87. The van der Waals surface area contributed by atoms with Crippen molar-refractivity contribution in [2.24, 2.45) is 0 Å². The smallest absolute Gasteiger partial charge is 0.220 e. The number of alkyl halides is 6. The van der Waals surface area contributed by atoms with Crippen molar-refractivity contribution in [2.45, 2.75) is 54.5 Å². The molecular formula is C14H16F6NO5S2+. The van der Waals surface area contributed by atoms with Crippen molar-refractivity contribution in [3.05, 3.63) is 30.1 Å². The predicted molar refractivity (Wildman–Crippen MR) is 84.0 cm³/mol. The summed E-state index contributed by atoms with van der Waals surface area (Å²) in [5.41, 5.74) is 0.635. The first kappa shape index (κ1) is 23.2. The molecule has 14 heteroatoms. The van der Waals surface area contributed by atoms with Gasteiger partial charge in [-0.2, -0.15) is 34.8 Å². The molecule has 0 unspecified atom stereocenters. The van der Waals surface area contributed by atoms with E-state index in [-0.39, 0.29) is 9.89 Å². The summed E-state index contributed by atoms with van der Waals surface area (Å²) >= 11 is -1.66.